The van der Waals surface area contributed by atoms with Gasteiger partial charge in [0.25, 0.3) is 0 Å². The SMILES string of the molecule is Cc1cc(CCl)cc2c1OCCN(C(=O)OCC1c3ccccc3-c3ccccc31)C2. The molecule has 0 unspecified atom stereocenters. The predicted molar refractivity (Wildman–Crippen MR) is 122 cm³/mol. The molecule has 0 aromatic heterocycles. The van der Waals surface area contributed by atoms with Crippen molar-refractivity contribution in [1.82, 2.24) is 4.90 Å². The van der Waals surface area contributed by atoms with E-state index in [0.29, 0.717) is 32.2 Å². The smallest absolute Gasteiger partial charge is 0.410 e. The van der Waals surface area contributed by atoms with Crippen LogP contribution in [0.2, 0.25) is 0 Å². The predicted octanol–water partition coefficient (Wildman–Crippen LogP) is 5.88. The average Bonchev–Trinajstić information content (AvgIpc) is 2.95. The van der Waals surface area contributed by atoms with Gasteiger partial charge in [0, 0.05) is 17.4 Å². The van der Waals surface area contributed by atoms with Crippen molar-refractivity contribution in [3.05, 3.63) is 88.5 Å². The number of nitrogens with zero attached hydrogens (tertiary/aromatic N) is 1. The molecule has 1 aliphatic carbocycles. The van der Waals surface area contributed by atoms with Crippen LogP contribution in [0.25, 0.3) is 11.1 Å². The fraction of sp³-hybridized carbons (Fsp3) is 0.269. The first-order chi connectivity index (χ1) is 15.2. The number of carbonyl (C=O) groups excluding carboxylic acids is 1. The number of carbonyl (C=O) groups is 1. The summed E-state index contributed by atoms with van der Waals surface area (Å²) in [5.74, 6) is 1.33. The third-order valence-corrected chi connectivity index (χ3v) is 6.44. The van der Waals surface area contributed by atoms with Gasteiger partial charge in [0.05, 0.1) is 13.1 Å². The van der Waals surface area contributed by atoms with Crippen molar-refractivity contribution in [3.8, 4) is 16.9 Å². The number of hydrogen-bond acceptors (Lipinski definition) is 3. The highest BCUT2D eigenvalue weighted by atomic mass is 35.5. The number of rotatable bonds is 3. The van der Waals surface area contributed by atoms with E-state index in [9.17, 15) is 4.79 Å². The second-order valence-electron chi connectivity index (χ2n) is 8.11. The van der Waals surface area contributed by atoms with E-state index in [2.05, 4.69) is 36.4 Å². The van der Waals surface area contributed by atoms with Gasteiger partial charge in [-0.25, -0.2) is 4.79 Å². The molecule has 0 fully saturated rings. The van der Waals surface area contributed by atoms with Gasteiger partial charge in [-0.3, -0.25) is 0 Å². The number of benzene rings is 3. The summed E-state index contributed by atoms with van der Waals surface area (Å²) in [5.41, 5.74) is 7.91. The van der Waals surface area contributed by atoms with E-state index < -0.39 is 0 Å². The van der Waals surface area contributed by atoms with Crippen molar-refractivity contribution in [3.63, 3.8) is 0 Å². The molecule has 0 saturated heterocycles. The molecule has 158 valence electrons. The molecule has 2 aliphatic rings. The molecule has 0 spiro atoms. The Balaban J connectivity index is 1.34. The highest BCUT2D eigenvalue weighted by Gasteiger charge is 2.30. The van der Waals surface area contributed by atoms with Crippen molar-refractivity contribution in [2.75, 3.05) is 19.8 Å². The molecule has 1 heterocycles. The van der Waals surface area contributed by atoms with Gasteiger partial charge >= 0.3 is 6.09 Å². The van der Waals surface area contributed by atoms with E-state index in [1.807, 2.05) is 31.2 Å². The Kier molecular flexibility index (Phi) is 5.33. The van der Waals surface area contributed by atoms with Gasteiger partial charge in [0.1, 0.15) is 19.0 Å². The molecule has 0 bridgehead atoms. The minimum absolute atomic E-state index is 0.0527. The first-order valence-corrected chi connectivity index (χ1v) is 11.1. The van der Waals surface area contributed by atoms with Gasteiger partial charge in [-0.15, -0.1) is 11.6 Å². The maximum Gasteiger partial charge on any atom is 0.410 e. The zero-order valence-electron chi connectivity index (χ0n) is 17.4. The molecule has 1 aliphatic heterocycles. The Labute approximate surface area is 187 Å². The van der Waals surface area contributed by atoms with Crippen molar-refractivity contribution in [2.45, 2.75) is 25.3 Å². The molecule has 5 heteroatoms. The Morgan fingerprint density at radius 2 is 1.77 bits per heavy atom. The van der Waals surface area contributed by atoms with Crippen LogP contribution in [-0.4, -0.2) is 30.8 Å². The molecule has 3 aromatic rings. The lowest BCUT2D eigenvalue weighted by Gasteiger charge is -2.21. The zero-order valence-corrected chi connectivity index (χ0v) is 18.2. The number of hydrogen-bond donors (Lipinski definition) is 0. The Morgan fingerprint density at radius 1 is 1.10 bits per heavy atom. The number of amides is 1. The van der Waals surface area contributed by atoms with E-state index in [1.165, 1.54) is 22.3 Å². The van der Waals surface area contributed by atoms with E-state index in [0.717, 1.165) is 22.4 Å². The Morgan fingerprint density at radius 3 is 2.45 bits per heavy atom. The summed E-state index contributed by atoms with van der Waals surface area (Å²) >= 11 is 6.04. The van der Waals surface area contributed by atoms with Gasteiger partial charge in [0.2, 0.25) is 0 Å². The van der Waals surface area contributed by atoms with Crippen LogP contribution in [0, 0.1) is 6.92 Å². The Hall–Kier alpha value is -2.98. The number of aryl methyl sites for hydroxylation is 1. The molecule has 1 amide bonds. The van der Waals surface area contributed by atoms with Crippen LogP contribution < -0.4 is 4.74 Å². The highest BCUT2D eigenvalue weighted by Crippen LogP contribution is 2.44. The van der Waals surface area contributed by atoms with Crippen LogP contribution in [0.5, 0.6) is 5.75 Å². The molecule has 0 saturated carbocycles. The average molecular weight is 434 g/mol. The second kappa shape index (κ2) is 8.27. The molecule has 5 rings (SSSR count). The molecular weight excluding hydrogens is 410 g/mol. The fourth-order valence-corrected chi connectivity index (χ4v) is 4.87. The minimum Gasteiger partial charge on any atom is -0.491 e. The standard InChI is InChI=1S/C26H24ClNO3/c1-17-12-18(14-27)13-19-15-28(10-11-30-25(17)19)26(29)31-16-24-22-8-4-2-6-20(22)21-7-3-5-9-23(21)24/h2-9,12-13,24H,10-11,14-16H2,1H3. The Bertz CT molecular complexity index is 1100. The van der Waals surface area contributed by atoms with E-state index in [1.54, 1.807) is 4.90 Å². The lowest BCUT2D eigenvalue weighted by Crippen LogP contribution is -2.33. The van der Waals surface area contributed by atoms with Crippen molar-refractivity contribution in [2.24, 2.45) is 0 Å². The fourth-order valence-electron chi connectivity index (χ4n) is 4.71. The summed E-state index contributed by atoms with van der Waals surface area (Å²) in [4.78, 5) is 14.7. The normalized spacial score (nSPS) is 14.8. The first kappa shape index (κ1) is 20.0. The largest absolute Gasteiger partial charge is 0.491 e. The van der Waals surface area contributed by atoms with Crippen LogP contribution in [0.3, 0.4) is 0 Å². The molecule has 0 radical (unpaired) electrons. The summed E-state index contributed by atoms with van der Waals surface area (Å²) < 4.78 is 11.8. The molecule has 3 aromatic carbocycles. The molecule has 31 heavy (non-hydrogen) atoms. The van der Waals surface area contributed by atoms with Crippen molar-refractivity contribution >= 4 is 17.7 Å². The summed E-state index contributed by atoms with van der Waals surface area (Å²) in [5, 5.41) is 0. The lowest BCUT2D eigenvalue weighted by atomic mass is 9.98. The minimum atomic E-state index is -0.313. The van der Waals surface area contributed by atoms with E-state index >= 15 is 0 Å². The summed E-state index contributed by atoms with van der Waals surface area (Å²) in [6.45, 7) is 3.71. The molecule has 4 nitrogen and oxygen atoms in total. The number of halogens is 1. The molecule has 0 atom stereocenters. The van der Waals surface area contributed by atoms with Gasteiger partial charge in [-0.05, 0) is 46.4 Å². The van der Waals surface area contributed by atoms with Crippen molar-refractivity contribution < 1.29 is 14.3 Å². The summed E-state index contributed by atoms with van der Waals surface area (Å²) in [7, 11) is 0. The lowest BCUT2D eigenvalue weighted by molar-refractivity contribution is 0.0947. The summed E-state index contributed by atoms with van der Waals surface area (Å²) in [6, 6.07) is 20.8. The monoisotopic (exact) mass is 433 g/mol. The van der Waals surface area contributed by atoms with Gasteiger partial charge < -0.3 is 14.4 Å². The van der Waals surface area contributed by atoms with E-state index in [-0.39, 0.29) is 12.0 Å². The maximum atomic E-state index is 13.0. The van der Waals surface area contributed by atoms with Crippen LogP contribution >= 0.6 is 11.6 Å². The van der Waals surface area contributed by atoms with E-state index in [4.69, 9.17) is 21.1 Å². The second-order valence-corrected chi connectivity index (χ2v) is 8.38. The number of ether oxygens (including phenoxy) is 2. The quantitative estimate of drug-likeness (QED) is 0.484. The first-order valence-electron chi connectivity index (χ1n) is 10.6. The highest BCUT2D eigenvalue weighted by molar-refractivity contribution is 6.17. The molecule has 0 N–H and O–H groups in total. The van der Waals surface area contributed by atoms with Gasteiger partial charge in [0.15, 0.2) is 0 Å². The van der Waals surface area contributed by atoms with Gasteiger partial charge in [-0.1, -0.05) is 54.6 Å². The van der Waals surface area contributed by atoms with Crippen LogP contribution in [-0.2, 0) is 17.2 Å². The van der Waals surface area contributed by atoms with Crippen LogP contribution in [0.1, 0.15) is 33.7 Å². The number of alkyl halides is 1. The topological polar surface area (TPSA) is 38.8 Å². The van der Waals surface area contributed by atoms with Crippen LogP contribution in [0.15, 0.2) is 60.7 Å². The van der Waals surface area contributed by atoms with Crippen LogP contribution in [0.4, 0.5) is 4.79 Å². The zero-order chi connectivity index (χ0) is 21.4. The number of fused-ring (bicyclic) bond motifs is 4. The third kappa shape index (κ3) is 3.66. The maximum absolute atomic E-state index is 13.0. The summed E-state index contributed by atoms with van der Waals surface area (Å²) in [6.07, 6.45) is -0.313. The van der Waals surface area contributed by atoms with Crippen molar-refractivity contribution in [1.29, 1.82) is 0 Å². The van der Waals surface area contributed by atoms with Gasteiger partial charge in [-0.2, -0.15) is 0 Å². The molecular formula is C26H24ClNO3. The third-order valence-electron chi connectivity index (χ3n) is 6.13.